The molecule has 2 atom stereocenters. The van der Waals surface area contributed by atoms with Gasteiger partial charge in [-0.1, -0.05) is 68.4 Å². The highest BCUT2D eigenvalue weighted by Gasteiger charge is 2.41. The third-order valence-electron chi connectivity index (χ3n) is 3.89. The molecule has 0 radical (unpaired) electrons. The molecule has 1 fully saturated rings. The SMILES string of the molecule is Cc1ccc(S(=O)(=O)N2C[C@H](CBr)[C@H](CC(Cl)(Cl)Cl)C2)cc1. The fourth-order valence-electron chi connectivity index (χ4n) is 2.65. The van der Waals surface area contributed by atoms with Crippen LogP contribution < -0.4 is 0 Å². The van der Waals surface area contributed by atoms with Crippen molar-refractivity contribution in [2.45, 2.75) is 22.0 Å². The van der Waals surface area contributed by atoms with E-state index in [1.165, 1.54) is 4.31 Å². The number of nitrogens with zero attached hydrogens (tertiary/aromatic N) is 1. The first-order valence-corrected chi connectivity index (χ1v) is 10.5. The third kappa shape index (κ3) is 4.52. The van der Waals surface area contributed by atoms with E-state index in [-0.39, 0.29) is 11.8 Å². The molecule has 1 aliphatic rings. The van der Waals surface area contributed by atoms with E-state index >= 15 is 0 Å². The van der Waals surface area contributed by atoms with Gasteiger partial charge in [-0.15, -0.1) is 0 Å². The average molecular weight is 450 g/mol. The first-order valence-electron chi connectivity index (χ1n) is 6.83. The van der Waals surface area contributed by atoms with Crippen molar-refractivity contribution in [3.63, 3.8) is 0 Å². The summed E-state index contributed by atoms with van der Waals surface area (Å²) in [5.41, 5.74) is 1.02. The molecule has 0 spiro atoms. The molecule has 0 bridgehead atoms. The minimum atomic E-state index is -3.50. The molecule has 22 heavy (non-hydrogen) atoms. The zero-order chi connectivity index (χ0) is 16.5. The molecule has 1 aromatic carbocycles. The van der Waals surface area contributed by atoms with Crippen molar-refractivity contribution in [2.75, 3.05) is 18.4 Å². The summed E-state index contributed by atoms with van der Waals surface area (Å²) < 4.78 is 25.6. The van der Waals surface area contributed by atoms with Gasteiger partial charge in [0.1, 0.15) is 0 Å². The molecule has 0 amide bonds. The van der Waals surface area contributed by atoms with E-state index in [0.29, 0.717) is 29.7 Å². The lowest BCUT2D eigenvalue weighted by molar-refractivity contribution is 0.428. The van der Waals surface area contributed by atoms with Crippen LogP contribution in [-0.2, 0) is 10.0 Å². The summed E-state index contributed by atoms with van der Waals surface area (Å²) in [4.78, 5) is 0.306. The Kier molecular flexibility index (Phi) is 6.12. The number of hydrogen-bond donors (Lipinski definition) is 0. The Balaban J connectivity index is 2.21. The van der Waals surface area contributed by atoms with Gasteiger partial charge in [0.2, 0.25) is 10.0 Å². The zero-order valence-corrected chi connectivity index (χ0v) is 16.6. The van der Waals surface area contributed by atoms with Gasteiger partial charge >= 0.3 is 0 Å². The van der Waals surface area contributed by atoms with E-state index in [1.807, 2.05) is 6.92 Å². The maximum atomic E-state index is 12.7. The number of hydrogen-bond acceptors (Lipinski definition) is 2. The molecule has 1 saturated heterocycles. The van der Waals surface area contributed by atoms with Crippen molar-refractivity contribution in [1.82, 2.24) is 4.31 Å². The number of rotatable bonds is 4. The van der Waals surface area contributed by atoms with Gasteiger partial charge in [0, 0.05) is 18.4 Å². The van der Waals surface area contributed by atoms with Gasteiger partial charge in [-0.3, -0.25) is 0 Å². The van der Waals surface area contributed by atoms with Crippen LogP contribution in [0.25, 0.3) is 0 Å². The van der Waals surface area contributed by atoms with E-state index in [4.69, 9.17) is 34.8 Å². The molecule has 0 saturated carbocycles. The molecular formula is C14H17BrCl3NO2S. The fraction of sp³-hybridized carbons (Fsp3) is 0.571. The van der Waals surface area contributed by atoms with Crippen molar-refractivity contribution in [1.29, 1.82) is 0 Å². The Labute approximate surface area is 155 Å². The Morgan fingerprint density at radius 1 is 1.18 bits per heavy atom. The molecule has 2 rings (SSSR count). The first kappa shape index (κ1) is 18.8. The van der Waals surface area contributed by atoms with E-state index in [1.54, 1.807) is 24.3 Å². The molecule has 3 nitrogen and oxygen atoms in total. The van der Waals surface area contributed by atoms with Crippen molar-refractivity contribution in [3.8, 4) is 0 Å². The standard InChI is InChI=1S/C14H17BrCl3NO2S/c1-10-2-4-13(5-3-10)22(20,21)19-8-11(6-14(16,17)18)12(7-15)9-19/h2-5,11-12H,6-9H2,1H3/t11-,12+/m1/s1. The zero-order valence-electron chi connectivity index (χ0n) is 12.0. The molecule has 8 heteroatoms. The van der Waals surface area contributed by atoms with Crippen LogP contribution in [0.2, 0.25) is 0 Å². The maximum Gasteiger partial charge on any atom is 0.243 e. The lowest BCUT2D eigenvalue weighted by atomic mass is 9.95. The third-order valence-corrected chi connectivity index (χ3v) is 7.03. The highest BCUT2D eigenvalue weighted by molar-refractivity contribution is 9.09. The summed E-state index contributed by atoms with van der Waals surface area (Å²) in [6.07, 6.45) is 0.341. The van der Waals surface area contributed by atoms with Crippen molar-refractivity contribution >= 4 is 60.8 Å². The lowest BCUT2D eigenvalue weighted by Crippen LogP contribution is -2.29. The Morgan fingerprint density at radius 3 is 2.23 bits per heavy atom. The van der Waals surface area contributed by atoms with E-state index in [0.717, 1.165) is 5.56 Å². The highest BCUT2D eigenvalue weighted by Crippen LogP contribution is 2.40. The summed E-state index contributed by atoms with van der Waals surface area (Å²) in [5, 5.41) is 0.679. The normalized spacial score (nSPS) is 23.9. The van der Waals surface area contributed by atoms with Gasteiger partial charge in [-0.25, -0.2) is 8.42 Å². The van der Waals surface area contributed by atoms with Crippen LogP contribution in [0.15, 0.2) is 29.2 Å². The van der Waals surface area contributed by atoms with Crippen molar-refractivity contribution < 1.29 is 8.42 Å². The van der Waals surface area contributed by atoms with Crippen molar-refractivity contribution in [3.05, 3.63) is 29.8 Å². The van der Waals surface area contributed by atoms with Gasteiger partial charge in [0.05, 0.1) is 4.90 Å². The van der Waals surface area contributed by atoms with Gasteiger partial charge < -0.3 is 0 Å². The minimum absolute atomic E-state index is 0.0205. The molecule has 1 aromatic rings. The highest BCUT2D eigenvalue weighted by atomic mass is 79.9. The second-order valence-electron chi connectivity index (χ2n) is 5.63. The summed E-state index contributed by atoms with van der Waals surface area (Å²) >= 11 is 21.1. The molecule has 1 aliphatic heterocycles. The minimum Gasteiger partial charge on any atom is -0.207 e. The summed E-state index contributed by atoms with van der Waals surface area (Å²) in [6.45, 7) is 2.73. The Hall–Kier alpha value is 0.480. The smallest absolute Gasteiger partial charge is 0.207 e. The number of halogens is 4. The number of sulfonamides is 1. The first-order chi connectivity index (χ1) is 10.1. The Morgan fingerprint density at radius 2 is 1.73 bits per heavy atom. The van der Waals surface area contributed by atoms with E-state index in [2.05, 4.69) is 15.9 Å². The van der Waals surface area contributed by atoms with Gasteiger partial charge in [-0.05, 0) is 37.3 Å². The van der Waals surface area contributed by atoms with Crippen LogP contribution in [0.3, 0.4) is 0 Å². The monoisotopic (exact) mass is 447 g/mol. The Bertz CT molecular complexity index is 616. The quantitative estimate of drug-likeness (QED) is 0.640. The van der Waals surface area contributed by atoms with Crippen LogP contribution >= 0.6 is 50.7 Å². The van der Waals surface area contributed by atoms with Gasteiger partial charge in [0.25, 0.3) is 0 Å². The molecule has 1 heterocycles. The van der Waals surface area contributed by atoms with Crippen LogP contribution in [0.1, 0.15) is 12.0 Å². The summed E-state index contributed by atoms with van der Waals surface area (Å²) in [5.74, 6) is 0.156. The van der Waals surface area contributed by atoms with Crippen LogP contribution in [0, 0.1) is 18.8 Å². The summed E-state index contributed by atoms with van der Waals surface area (Å²) in [6, 6.07) is 6.86. The fourth-order valence-corrected chi connectivity index (χ4v) is 5.54. The molecule has 124 valence electrons. The molecule has 0 unspecified atom stereocenters. The van der Waals surface area contributed by atoms with Crippen molar-refractivity contribution in [2.24, 2.45) is 11.8 Å². The van der Waals surface area contributed by atoms with E-state index < -0.39 is 13.8 Å². The molecule has 0 aliphatic carbocycles. The molecule has 0 aromatic heterocycles. The second-order valence-corrected chi connectivity index (χ2v) is 10.7. The maximum absolute atomic E-state index is 12.7. The largest absolute Gasteiger partial charge is 0.243 e. The van der Waals surface area contributed by atoms with Crippen LogP contribution in [-0.4, -0.2) is 34.9 Å². The second kappa shape index (κ2) is 7.16. The van der Waals surface area contributed by atoms with Crippen LogP contribution in [0.4, 0.5) is 0 Å². The van der Waals surface area contributed by atoms with Gasteiger partial charge in [0.15, 0.2) is 3.79 Å². The number of benzene rings is 1. The molecule has 0 N–H and O–H groups in total. The van der Waals surface area contributed by atoms with E-state index in [9.17, 15) is 8.42 Å². The average Bonchev–Trinajstić information content (AvgIpc) is 2.80. The molecular weight excluding hydrogens is 432 g/mol. The predicted molar refractivity (Wildman–Crippen MR) is 95.6 cm³/mol. The number of alkyl halides is 4. The topological polar surface area (TPSA) is 37.4 Å². The van der Waals surface area contributed by atoms with Crippen LogP contribution in [0.5, 0.6) is 0 Å². The predicted octanol–water partition coefficient (Wildman–Crippen LogP) is 4.39. The van der Waals surface area contributed by atoms with Gasteiger partial charge in [-0.2, -0.15) is 4.31 Å². The number of aryl methyl sites for hydroxylation is 1. The summed E-state index contributed by atoms with van der Waals surface area (Å²) in [7, 11) is -3.50. The lowest BCUT2D eigenvalue weighted by Gasteiger charge is -2.20.